The quantitative estimate of drug-likeness (QED) is 0.337. The summed E-state index contributed by atoms with van der Waals surface area (Å²) in [5, 5.41) is 5.10. The molecule has 0 atom stereocenters. The number of nitrogens with one attached hydrogen (secondary N) is 1. The van der Waals surface area contributed by atoms with Gasteiger partial charge in [0.25, 0.3) is 0 Å². The number of halogens is 4. The minimum Gasteiger partial charge on any atom is -0.406 e. The van der Waals surface area contributed by atoms with Crippen molar-refractivity contribution >= 4 is 40.3 Å². The Morgan fingerprint density at radius 1 is 1.03 bits per heavy atom. The number of hydrogen-bond donors (Lipinski definition) is 1. The number of benzene rings is 2. The SMILES string of the molecule is FC(F)(F)Oc1ccc(/C=C/c2cc(NCCCCN3CCOCC3)c3cc(Cl)ccc3n2)cc1. The molecule has 1 saturated heterocycles. The molecule has 2 aromatic carbocycles. The van der Waals surface area contributed by atoms with Gasteiger partial charge in [-0.15, -0.1) is 13.2 Å². The molecule has 1 fully saturated rings. The van der Waals surface area contributed by atoms with Gasteiger partial charge in [0.1, 0.15) is 5.75 Å². The highest BCUT2D eigenvalue weighted by molar-refractivity contribution is 6.31. The number of aromatic nitrogens is 1. The number of rotatable bonds is 9. The average molecular weight is 506 g/mol. The number of anilines is 1. The van der Waals surface area contributed by atoms with Gasteiger partial charge in [0, 0.05) is 35.7 Å². The molecule has 1 aliphatic heterocycles. The van der Waals surface area contributed by atoms with Gasteiger partial charge in [0.05, 0.1) is 24.4 Å². The molecule has 186 valence electrons. The summed E-state index contributed by atoms with van der Waals surface area (Å²) in [4.78, 5) is 7.11. The lowest BCUT2D eigenvalue weighted by Crippen LogP contribution is -2.36. The van der Waals surface area contributed by atoms with Crippen molar-refractivity contribution in [2.75, 3.05) is 44.7 Å². The van der Waals surface area contributed by atoms with Gasteiger partial charge < -0.3 is 14.8 Å². The van der Waals surface area contributed by atoms with Crippen molar-refractivity contribution in [2.24, 2.45) is 0 Å². The molecule has 1 N–H and O–H groups in total. The molecule has 9 heteroatoms. The first-order valence-corrected chi connectivity index (χ1v) is 11.9. The maximum absolute atomic E-state index is 12.4. The fourth-order valence-corrected chi connectivity index (χ4v) is 4.09. The summed E-state index contributed by atoms with van der Waals surface area (Å²) in [6, 6.07) is 13.2. The van der Waals surface area contributed by atoms with E-state index in [1.807, 2.05) is 24.3 Å². The molecule has 0 saturated carbocycles. The van der Waals surface area contributed by atoms with Crippen LogP contribution in [-0.4, -0.2) is 55.6 Å². The van der Waals surface area contributed by atoms with Gasteiger partial charge in [-0.1, -0.05) is 29.8 Å². The first kappa shape index (κ1) is 25.3. The molecular formula is C26H27ClF3N3O2. The van der Waals surface area contributed by atoms with Crippen LogP contribution >= 0.6 is 11.6 Å². The van der Waals surface area contributed by atoms with Gasteiger partial charge in [-0.05, 0) is 67.4 Å². The molecule has 2 heterocycles. The van der Waals surface area contributed by atoms with Crippen LogP contribution in [0.4, 0.5) is 18.9 Å². The van der Waals surface area contributed by atoms with Crippen LogP contribution in [0.3, 0.4) is 0 Å². The molecular weight excluding hydrogens is 479 g/mol. The lowest BCUT2D eigenvalue weighted by Gasteiger charge is -2.26. The topological polar surface area (TPSA) is 46.6 Å². The number of alkyl halides is 3. The summed E-state index contributed by atoms with van der Waals surface area (Å²) in [5.74, 6) is -0.254. The van der Waals surface area contributed by atoms with Crippen LogP contribution in [0, 0.1) is 0 Å². The smallest absolute Gasteiger partial charge is 0.406 e. The Kier molecular flexibility index (Phi) is 8.49. The lowest BCUT2D eigenvalue weighted by molar-refractivity contribution is -0.274. The van der Waals surface area contributed by atoms with Crippen LogP contribution in [0.1, 0.15) is 24.1 Å². The number of fused-ring (bicyclic) bond motifs is 1. The minimum atomic E-state index is -4.71. The fourth-order valence-electron chi connectivity index (χ4n) is 3.92. The van der Waals surface area contributed by atoms with Gasteiger partial charge >= 0.3 is 6.36 Å². The first-order chi connectivity index (χ1) is 16.9. The van der Waals surface area contributed by atoms with E-state index in [-0.39, 0.29) is 5.75 Å². The second kappa shape index (κ2) is 11.7. The van der Waals surface area contributed by atoms with Crippen molar-refractivity contribution < 1.29 is 22.6 Å². The maximum atomic E-state index is 12.4. The Morgan fingerprint density at radius 3 is 2.54 bits per heavy atom. The molecule has 5 nitrogen and oxygen atoms in total. The van der Waals surface area contributed by atoms with E-state index < -0.39 is 6.36 Å². The van der Waals surface area contributed by atoms with Gasteiger partial charge in [0.2, 0.25) is 0 Å². The van der Waals surface area contributed by atoms with E-state index in [4.69, 9.17) is 16.3 Å². The van der Waals surface area contributed by atoms with Crippen molar-refractivity contribution in [2.45, 2.75) is 19.2 Å². The fraction of sp³-hybridized carbons (Fsp3) is 0.346. The second-order valence-corrected chi connectivity index (χ2v) is 8.73. The predicted molar refractivity (Wildman–Crippen MR) is 134 cm³/mol. The number of ether oxygens (including phenoxy) is 2. The van der Waals surface area contributed by atoms with Crippen LogP contribution in [0.15, 0.2) is 48.5 Å². The summed E-state index contributed by atoms with van der Waals surface area (Å²) in [5.41, 5.74) is 3.21. The zero-order chi connectivity index (χ0) is 24.7. The highest BCUT2D eigenvalue weighted by atomic mass is 35.5. The molecule has 0 amide bonds. The third-order valence-electron chi connectivity index (χ3n) is 5.67. The van der Waals surface area contributed by atoms with E-state index in [1.54, 1.807) is 24.3 Å². The molecule has 0 spiro atoms. The molecule has 0 radical (unpaired) electrons. The van der Waals surface area contributed by atoms with Crippen molar-refractivity contribution in [1.82, 2.24) is 9.88 Å². The molecule has 35 heavy (non-hydrogen) atoms. The Morgan fingerprint density at radius 2 is 1.80 bits per heavy atom. The Bertz CT molecular complexity index is 1150. The van der Waals surface area contributed by atoms with Crippen LogP contribution in [-0.2, 0) is 4.74 Å². The first-order valence-electron chi connectivity index (χ1n) is 11.5. The zero-order valence-electron chi connectivity index (χ0n) is 19.2. The molecule has 1 aromatic heterocycles. The second-order valence-electron chi connectivity index (χ2n) is 8.29. The summed E-state index contributed by atoms with van der Waals surface area (Å²) < 4.78 is 46.4. The number of morpholine rings is 1. The zero-order valence-corrected chi connectivity index (χ0v) is 19.9. The standard InChI is InChI=1S/C26H27ClF3N3O2/c27-20-6-10-24-23(17-20)25(31-11-1-2-12-33-13-15-34-16-14-33)18-21(32-24)7-3-19-4-8-22(9-5-19)35-26(28,29)30/h3-10,17-18H,1-2,11-16H2,(H,31,32)/b7-3+. The molecule has 3 aromatic rings. The third-order valence-corrected chi connectivity index (χ3v) is 5.91. The molecule has 1 aliphatic rings. The molecule has 4 rings (SSSR count). The highest BCUT2D eigenvalue weighted by Crippen LogP contribution is 2.28. The summed E-state index contributed by atoms with van der Waals surface area (Å²) >= 11 is 6.23. The third kappa shape index (κ3) is 7.85. The van der Waals surface area contributed by atoms with Crippen LogP contribution in [0.25, 0.3) is 23.1 Å². The van der Waals surface area contributed by atoms with Crippen LogP contribution in [0.2, 0.25) is 5.02 Å². The Hall–Kier alpha value is -2.81. The van der Waals surface area contributed by atoms with Crippen LogP contribution < -0.4 is 10.1 Å². The van der Waals surface area contributed by atoms with Gasteiger partial charge in [-0.3, -0.25) is 4.90 Å². The van der Waals surface area contributed by atoms with E-state index in [9.17, 15) is 13.2 Å². The summed E-state index contributed by atoms with van der Waals surface area (Å²) in [6.45, 7) is 5.49. The van der Waals surface area contributed by atoms with Gasteiger partial charge in [-0.25, -0.2) is 4.98 Å². The van der Waals surface area contributed by atoms with Crippen molar-refractivity contribution in [3.63, 3.8) is 0 Å². The van der Waals surface area contributed by atoms with Gasteiger partial charge in [0.15, 0.2) is 0 Å². The largest absolute Gasteiger partial charge is 0.573 e. The Balaban J connectivity index is 1.42. The van der Waals surface area contributed by atoms with E-state index in [2.05, 4.69) is 19.9 Å². The number of pyridine rings is 1. The van der Waals surface area contributed by atoms with Crippen LogP contribution in [0.5, 0.6) is 5.75 Å². The van der Waals surface area contributed by atoms with E-state index in [0.29, 0.717) is 5.02 Å². The van der Waals surface area contributed by atoms with E-state index in [0.717, 1.165) is 80.1 Å². The molecule has 0 bridgehead atoms. The number of hydrogen-bond acceptors (Lipinski definition) is 5. The van der Waals surface area contributed by atoms with Crippen molar-refractivity contribution in [3.05, 3.63) is 64.8 Å². The Labute approximate surface area is 207 Å². The average Bonchev–Trinajstić information content (AvgIpc) is 2.83. The summed E-state index contributed by atoms with van der Waals surface area (Å²) in [7, 11) is 0. The normalized spacial score (nSPS) is 15.1. The number of unbranched alkanes of at least 4 members (excludes halogenated alkanes) is 1. The van der Waals surface area contributed by atoms with E-state index in [1.165, 1.54) is 12.1 Å². The number of nitrogens with zero attached hydrogens (tertiary/aromatic N) is 2. The monoisotopic (exact) mass is 505 g/mol. The highest BCUT2D eigenvalue weighted by Gasteiger charge is 2.30. The molecule has 0 unspecified atom stereocenters. The van der Waals surface area contributed by atoms with Gasteiger partial charge in [-0.2, -0.15) is 0 Å². The minimum absolute atomic E-state index is 0.254. The van der Waals surface area contributed by atoms with E-state index >= 15 is 0 Å². The van der Waals surface area contributed by atoms with Crippen molar-refractivity contribution in [1.29, 1.82) is 0 Å². The van der Waals surface area contributed by atoms with Crippen molar-refractivity contribution in [3.8, 4) is 5.75 Å². The predicted octanol–water partition coefficient (Wildman–Crippen LogP) is 6.48. The summed E-state index contributed by atoms with van der Waals surface area (Å²) in [6.07, 6.45) is 1.04. The lowest BCUT2D eigenvalue weighted by atomic mass is 10.1. The molecule has 0 aliphatic carbocycles. The maximum Gasteiger partial charge on any atom is 0.573 e.